The van der Waals surface area contributed by atoms with Crippen LogP contribution in [0.25, 0.3) is 0 Å². The van der Waals surface area contributed by atoms with Crippen molar-refractivity contribution >= 4 is 5.95 Å². The quantitative estimate of drug-likeness (QED) is 0.761. The van der Waals surface area contributed by atoms with Crippen LogP contribution in [0.3, 0.4) is 0 Å². The summed E-state index contributed by atoms with van der Waals surface area (Å²) in [6.07, 6.45) is 1.61. The summed E-state index contributed by atoms with van der Waals surface area (Å²) >= 11 is 0. The lowest BCUT2D eigenvalue weighted by molar-refractivity contribution is 0.824. The first-order valence-electron chi connectivity index (χ1n) is 4.66. The van der Waals surface area contributed by atoms with Crippen LogP contribution in [-0.4, -0.2) is 9.97 Å². The van der Waals surface area contributed by atoms with Gasteiger partial charge in [-0.15, -0.1) is 0 Å². The first-order chi connectivity index (χ1) is 7.27. The van der Waals surface area contributed by atoms with Gasteiger partial charge in [0.05, 0.1) is 11.7 Å². The van der Waals surface area contributed by atoms with E-state index >= 15 is 0 Å². The van der Waals surface area contributed by atoms with Gasteiger partial charge < -0.3 is 11.5 Å². The van der Waals surface area contributed by atoms with Crippen molar-refractivity contribution in [2.45, 2.75) is 6.04 Å². The Morgan fingerprint density at radius 2 is 1.80 bits per heavy atom. The number of nitrogens with zero attached hydrogens (tertiary/aromatic N) is 2. The van der Waals surface area contributed by atoms with E-state index in [2.05, 4.69) is 9.97 Å². The van der Waals surface area contributed by atoms with Gasteiger partial charge in [0, 0.05) is 6.20 Å². The molecule has 15 heavy (non-hydrogen) atoms. The molecule has 4 N–H and O–H groups in total. The topological polar surface area (TPSA) is 77.8 Å². The van der Waals surface area contributed by atoms with Crippen molar-refractivity contribution in [2.75, 3.05) is 5.73 Å². The lowest BCUT2D eigenvalue weighted by Gasteiger charge is -2.10. The maximum Gasteiger partial charge on any atom is 0.220 e. The highest BCUT2D eigenvalue weighted by Gasteiger charge is 2.09. The minimum Gasteiger partial charge on any atom is -0.368 e. The molecule has 1 unspecified atom stereocenters. The summed E-state index contributed by atoms with van der Waals surface area (Å²) in [6, 6.07) is 11.3. The lowest BCUT2D eigenvalue weighted by Crippen LogP contribution is -2.14. The molecule has 0 bridgehead atoms. The van der Waals surface area contributed by atoms with Crippen LogP contribution in [0.4, 0.5) is 5.95 Å². The second-order valence-electron chi connectivity index (χ2n) is 3.23. The Labute approximate surface area is 88.0 Å². The lowest BCUT2D eigenvalue weighted by atomic mass is 10.1. The van der Waals surface area contributed by atoms with Gasteiger partial charge >= 0.3 is 0 Å². The standard InChI is InChI=1S/C11H12N4/c12-10(8-4-2-1-3-5-8)9-6-7-14-11(13)15-9/h1-7,10H,12H2,(H2,13,14,15). The van der Waals surface area contributed by atoms with Gasteiger partial charge in [-0.1, -0.05) is 30.3 Å². The van der Waals surface area contributed by atoms with Gasteiger partial charge in [-0.3, -0.25) is 0 Å². The van der Waals surface area contributed by atoms with Crippen LogP contribution in [0.1, 0.15) is 17.3 Å². The number of aromatic nitrogens is 2. The van der Waals surface area contributed by atoms with E-state index in [0.717, 1.165) is 11.3 Å². The van der Waals surface area contributed by atoms with E-state index in [1.807, 2.05) is 30.3 Å². The summed E-state index contributed by atoms with van der Waals surface area (Å²) in [5.74, 6) is 0.249. The Kier molecular flexibility index (Phi) is 2.60. The molecule has 1 aromatic carbocycles. The normalized spacial score (nSPS) is 12.3. The zero-order valence-electron chi connectivity index (χ0n) is 8.17. The van der Waals surface area contributed by atoms with E-state index in [9.17, 15) is 0 Å². The van der Waals surface area contributed by atoms with Crippen LogP contribution in [0.2, 0.25) is 0 Å². The monoisotopic (exact) mass is 200 g/mol. The molecule has 1 atom stereocenters. The van der Waals surface area contributed by atoms with Crippen LogP contribution in [0, 0.1) is 0 Å². The van der Waals surface area contributed by atoms with Crippen molar-refractivity contribution in [3.05, 3.63) is 53.9 Å². The maximum atomic E-state index is 6.04. The molecular weight excluding hydrogens is 188 g/mol. The number of nitrogens with two attached hydrogens (primary N) is 2. The van der Waals surface area contributed by atoms with Gasteiger partial charge in [-0.05, 0) is 11.6 Å². The zero-order valence-corrected chi connectivity index (χ0v) is 8.17. The van der Waals surface area contributed by atoms with Crippen molar-refractivity contribution in [3.63, 3.8) is 0 Å². The molecule has 2 rings (SSSR count). The first-order valence-corrected chi connectivity index (χ1v) is 4.66. The van der Waals surface area contributed by atoms with Crippen LogP contribution in [0.15, 0.2) is 42.6 Å². The van der Waals surface area contributed by atoms with Gasteiger partial charge in [0.1, 0.15) is 0 Å². The molecule has 0 aliphatic heterocycles. The Hall–Kier alpha value is -1.94. The summed E-state index contributed by atoms with van der Waals surface area (Å²) in [5.41, 5.74) is 13.3. The maximum absolute atomic E-state index is 6.04. The predicted octanol–water partition coefficient (Wildman–Crippen LogP) is 1.11. The number of anilines is 1. The van der Waals surface area contributed by atoms with Crippen molar-refractivity contribution in [1.82, 2.24) is 9.97 Å². The molecular formula is C11H12N4. The highest BCUT2D eigenvalue weighted by molar-refractivity contribution is 5.29. The SMILES string of the molecule is Nc1nccc(C(N)c2ccccc2)n1. The van der Waals surface area contributed by atoms with E-state index in [1.165, 1.54) is 0 Å². The Bertz CT molecular complexity index is 441. The summed E-state index contributed by atoms with van der Waals surface area (Å²) < 4.78 is 0. The van der Waals surface area contributed by atoms with E-state index in [-0.39, 0.29) is 12.0 Å². The zero-order chi connectivity index (χ0) is 10.7. The molecule has 2 aromatic rings. The molecule has 4 nitrogen and oxygen atoms in total. The highest BCUT2D eigenvalue weighted by atomic mass is 15.0. The Morgan fingerprint density at radius 3 is 2.47 bits per heavy atom. The number of rotatable bonds is 2. The van der Waals surface area contributed by atoms with Crippen molar-refractivity contribution < 1.29 is 0 Å². The third-order valence-electron chi connectivity index (χ3n) is 2.17. The smallest absolute Gasteiger partial charge is 0.220 e. The largest absolute Gasteiger partial charge is 0.368 e. The summed E-state index contributed by atoms with van der Waals surface area (Å²) in [7, 11) is 0. The minimum absolute atomic E-state index is 0.249. The molecule has 0 radical (unpaired) electrons. The van der Waals surface area contributed by atoms with E-state index in [1.54, 1.807) is 12.3 Å². The van der Waals surface area contributed by atoms with Crippen molar-refractivity contribution in [3.8, 4) is 0 Å². The second kappa shape index (κ2) is 4.06. The van der Waals surface area contributed by atoms with Crippen LogP contribution >= 0.6 is 0 Å². The van der Waals surface area contributed by atoms with E-state index in [0.29, 0.717) is 0 Å². The number of benzene rings is 1. The Morgan fingerprint density at radius 1 is 1.07 bits per heavy atom. The van der Waals surface area contributed by atoms with Crippen molar-refractivity contribution in [1.29, 1.82) is 0 Å². The fourth-order valence-corrected chi connectivity index (χ4v) is 1.39. The van der Waals surface area contributed by atoms with Gasteiger partial charge in [0.15, 0.2) is 0 Å². The minimum atomic E-state index is -0.253. The first kappa shape index (κ1) is 9.61. The van der Waals surface area contributed by atoms with Crippen LogP contribution in [0.5, 0.6) is 0 Å². The number of hydrogen-bond donors (Lipinski definition) is 2. The fourth-order valence-electron chi connectivity index (χ4n) is 1.39. The molecule has 0 fully saturated rings. The molecule has 0 aliphatic rings. The van der Waals surface area contributed by atoms with Gasteiger partial charge in [0.25, 0.3) is 0 Å². The van der Waals surface area contributed by atoms with Gasteiger partial charge in [-0.2, -0.15) is 0 Å². The van der Waals surface area contributed by atoms with Crippen LogP contribution < -0.4 is 11.5 Å². The predicted molar refractivity (Wildman–Crippen MR) is 58.9 cm³/mol. The van der Waals surface area contributed by atoms with Gasteiger partial charge in [-0.25, -0.2) is 9.97 Å². The molecule has 4 heteroatoms. The number of nitrogen functional groups attached to an aromatic ring is 1. The third-order valence-corrected chi connectivity index (χ3v) is 2.17. The molecule has 1 heterocycles. The van der Waals surface area contributed by atoms with E-state index < -0.39 is 0 Å². The van der Waals surface area contributed by atoms with E-state index in [4.69, 9.17) is 11.5 Å². The molecule has 76 valence electrons. The molecule has 0 amide bonds. The average molecular weight is 200 g/mol. The molecule has 0 aliphatic carbocycles. The molecule has 0 saturated carbocycles. The number of hydrogen-bond acceptors (Lipinski definition) is 4. The molecule has 0 saturated heterocycles. The summed E-state index contributed by atoms with van der Waals surface area (Å²) in [5, 5.41) is 0. The molecule has 0 spiro atoms. The fraction of sp³-hybridized carbons (Fsp3) is 0.0909. The third kappa shape index (κ3) is 2.11. The van der Waals surface area contributed by atoms with Gasteiger partial charge in [0.2, 0.25) is 5.95 Å². The molecule has 1 aromatic heterocycles. The van der Waals surface area contributed by atoms with Crippen molar-refractivity contribution in [2.24, 2.45) is 5.73 Å². The summed E-state index contributed by atoms with van der Waals surface area (Å²) in [6.45, 7) is 0. The average Bonchev–Trinajstić information content (AvgIpc) is 2.29. The summed E-state index contributed by atoms with van der Waals surface area (Å²) in [4.78, 5) is 7.92. The second-order valence-corrected chi connectivity index (χ2v) is 3.23. The highest BCUT2D eigenvalue weighted by Crippen LogP contribution is 2.16. The van der Waals surface area contributed by atoms with Crippen LogP contribution in [-0.2, 0) is 0 Å². The Balaban J connectivity index is 2.32.